The van der Waals surface area contributed by atoms with Crippen LogP contribution in [0.25, 0.3) is 10.9 Å². The average molecular weight is 336 g/mol. The Labute approximate surface area is 134 Å². The molecule has 1 fully saturated rings. The average Bonchev–Trinajstić information content (AvgIpc) is 2.82. The number of hydrogen-bond donors (Lipinski definition) is 0. The number of amides is 1. The molecule has 7 heteroatoms. The van der Waals surface area contributed by atoms with E-state index in [1.165, 1.54) is 0 Å². The smallest absolute Gasteiger partial charge is 0.302 e. The van der Waals surface area contributed by atoms with Gasteiger partial charge in [-0.2, -0.15) is 8.42 Å². The molecule has 1 saturated heterocycles. The second-order valence-corrected chi connectivity index (χ2v) is 7.26. The molecule has 122 valence electrons. The third-order valence-corrected chi connectivity index (χ3v) is 4.99. The first-order valence-electron chi connectivity index (χ1n) is 7.45. The van der Waals surface area contributed by atoms with Crippen molar-refractivity contribution in [3.63, 3.8) is 0 Å². The third kappa shape index (κ3) is 3.85. The molecule has 2 aromatic rings. The Morgan fingerprint density at radius 1 is 1.26 bits per heavy atom. The van der Waals surface area contributed by atoms with Crippen molar-refractivity contribution >= 4 is 27.0 Å². The van der Waals surface area contributed by atoms with Gasteiger partial charge in [0.1, 0.15) is 0 Å². The molecule has 1 aliphatic rings. The van der Waals surface area contributed by atoms with Crippen LogP contribution in [-0.2, 0) is 21.4 Å². The van der Waals surface area contributed by atoms with Gasteiger partial charge in [0.2, 0.25) is 5.91 Å². The van der Waals surface area contributed by atoms with Crippen LogP contribution in [0.15, 0.2) is 36.5 Å². The minimum absolute atomic E-state index is 0.0975. The molecule has 0 bridgehead atoms. The van der Waals surface area contributed by atoms with Crippen molar-refractivity contribution < 1.29 is 17.1 Å². The lowest BCUT2D eigenvalue weighted by atomic mass is 10.1. The van der Waals surface area contributed by atoms with Gasteiger partial charge < -0.3 is 4.90 Å². The van der Waals surface area contributed by atoms with Crippen LogP contribution in [0.3, 0.4) is 0 Å². The zero-order valence-corrected chi connectivity index (χ0v) is 13.3. The molecule has 1 aromatic carbocycles. The van der Waals surface area contributed by atoms with Crippen LogP contribution < -0.4 is 0 Å². The van der Waals surface area contributed by atoms with Crippen LogP contribution in [0.2, 0.25) is 0 Å². The Kier molecular flexibility index (Phi) is 4.30. The summed E-state index contributed by atoms with van der Waals surface area (Å²) in [4.78, 5) is 17.9. The van der Waals surface area contributed by atoms with Crippen LogP contribution in [0.5, 0.6) is 0 Å². The van der Waals surface area contributed by atoms with E-state index in [2.05, 4.69) is 4.98 Å². The van der Waals surface area contributed by atoms with Crippen molar-refractivity contribution in [2.24, 2.45) is 5.92 Å². The molecule has 0 N–H and O–H groups in total. The van der Waals surface area contributed by atoms with Crippen molar-refractivity contribution in [3.05, 3.63) is 42.1 Å². The van der Waals surface area contributed by atoms with Crippen LogP contribution in [0, 0.1) is 5.92 Å². The van der Waals surface area contributed by atoms with Crippen molar-refractivity contribution in [2.75, 3.05) is 18.8 Å². The van der Waals surface area contributed by atoms with E-state index in [9.17, 15) is 17.1 Å². The van der Waals surface area contributed by atoms with Crippen LogP contribution >= 0.6 is 0 Å². The molecule has 0 radical (unpaired) electrons. The SMILES string of the molecule is O=C1CC(CS(=O)(=O)F)CN1CCc1ccnc2ccccc12. The molecule has 1 aliphatic heterocycles. The number of fused-ring (bicyclic) bond motifs is 1. The van der Waals surface area contributed by atoms with Gasteiger partial charge in [-0.05, 0) is 24.1 Å². The van der Waals surface area contributed by atoms with Crippen molar-refractivity contribution in [1.29, 1.82) is 0 Å². The molecule has 1 atom stereocenters. The number of carbonyl (C=O) groups excluding carboxylic acids is 1. The fraction of sp³-hybridized carbons (Fsp3) is 0.375. The van der Waals surface area contributed by atoms with Gasteiger partial charge in [-0.1, -0.05) is 18.2 Å². The topological polar surface area (TPSA) is 67.3 Å². The van der Waals surface area contributed by atoms with Crippen LogP contribution in [0.4, 0.5) is 3.89 Å². The molecule has 5 nitrogen and oxygen atoms in total. The highest BCUT2D eigenvalue weighted by Crippen LogP contribution is 2.22. The van der Waals surface area contributed by atoms with Crippen molar-refractivity contribution in [2.45, 2.75) is 12.8 Å². The number of halogens is 1. The molecule has 0 saturated carbocycles. The number of carbonyl (C=O) groups is 1. The zero-order chi connectivity index (χ0) is 16.4. The van der Waals surface area contributed by atoms with E-state index in [0.717, 1.165) is 16.5 Å². The van der Waals surface area contributed by atoms with Gasteiger partial charge >= 0.3 is 10.2 Å². The molecule has 3 rings (SSSR count). The van der Waals surface area contributed by atoms with Crippen molar-refractivity contribution in [1.82, 2.24) is 9.88 Å². The minimum atomic E-state index is -4.54. The molecule has 0 spiro atoms. The summed E-state index contributed by atoms with van der Waals surface area (Å²) in [6, 6.07) is 9.71. The molecule has 1 amide bonds. The summed E-state index contributed by atoms with van der Waals surface area (Å²) in [5.74, 6) is -1.14. The summed E-state index contributed by atoms with van der Waals surface area (Å²) in [5.41, 5.74) is 1.99. The van der Waals surface area contributed by atoms with Crippen molar-refractivity contribution in [3.8, 4) is 0 Å². The molecular weight excluding hydrogens is 319 g/mol. The van der Waals surface area contributed by atoms with Gasteiger partial charge in [0, 0.05) is 37.0 Å². The number of para-hydroxylation sites is 1. The maximum absolute atomic E-state index is 12.8. The second kappa shape index (κ2) is 6.23. The van der Waals surface area contributed by atoms with E-state index in [-0.39, 0.29) is 12.3 Å². The van der Waals surface area contributed by atoms with E-state index in [0.29, 0.717) is 19.5 Å². The number of rotatable bonds is 5. The van der Waals surface area contributed by atoms with Gasteiger partial charge in [-0.15, -0.1) is 3.89 Å². The molecule has 23 heavy (non-hydrogen) atoms. The number of nitrogens with zero attached hydrogens (tertiary/aromatic N) is 2. The molecule has 0 aliphatic carbocycles. The third-order valence-electron chi connectivity index (χ3n) is 4.12. The highest BCUT2D eigenvalue weighted by atomic mass is 32.3. The highest BCUT2D eigenvalue weighted by molar-refractivity contribution is 7.86. The van der Waals surface area contributed by atoms with E-state index in [1.54, 1.807) is 11.1 Å². The molecule has 1 unspecified atom stereocenters. The van der Waals surface area contributed by atoms with E-state index in [1.807, 2.05) is 30.3 Å². The van der Waals surface area contributed by atoms with E-state index < -0.39 is 21.9 Å². The quantitative estimate of drug-likeness (QED) is 0.783. The van der Waals surface area contributed by atoms with E-state index in [4.69, 9.17) is 0 Å². The summed E-state index contributed by atoms with van der Waals surface area (Å²) in [6.07, 6.45) is 2.49. The Balaban J connectivity index is 1.67. The first-order valence-corrected chi connectivity index (χ1v) is 9.00. The lowest BCUT2D eigenvalue weighted by Gasteiger charge is -2.17. The molecular formula is C16H17FN2O3S. The minimum Gasteiger partial charge on any atom is -0.342 e. The van der Waals surface area contributed by atoms with Gasteiger partial charge in [0.05, 0.1) is 11.3 Å². The predicted molar refractivity (Wildman–Crippen MR) is 85.0 cm³/mol. The second-order valence-electron chi connectivity index (χ2n) is 5.85. The summed E-state index contributed by atoms with van der Waals surface area (Å²) >= 11 is 0. The number of likely N-dealkylation sites (tertiary alicyclic amines) is 1. The maximum atomic E-state index is 12.8. The lowest BCUT2D eigenvalue weighted by molar-refractivity contribution is -0.127. The standard InChI is InChI=1S/C16H17FN2O3S/c17-23(21,22)11-12-9-16(20)19(10-12)8-6-13-5-7-18-15-4-2-1-3-14(13)15/h1-5,7,12H,6,8-11H2. The van der Waals surface area contributed by atoms with E-state index >= 15 is 0 Å². The fourth-order valence-electron chi connectivity index (χ4n) is 3.09. The van der Waals surface area contributed by atoms with Gasteiger partial charge in [0.25, 0.3) is 0 Å². The van der Waals surface area contributed by atoms with Gasteiger partial charge in [0.15, 0.2) is 0 Å². The summed E-state index contributed by atoms with van der Waals surface area (Å²) in [6.45, 7) is 0.792. The zero-order valence-electron chi connectivity index (χ0n) is 12.5. The Bertz CT molecular complexity index is 833. The number of pyridine rings is 1. The van der Waals surface area contributed by atoms with Crippen LogP contribution in [-0.4, -0.2) is 43.1 Å². The normalized spacial score (nSPS) is 18.7. The van der Waals surface area contributed by atoms with Crippen LogP contribution in [0.1, 0.15) is 12.0 Å². The Morgan fingerprint density at radius 3 is 2.83 bits per heavy atom. The Hall–Kier alpha value is -2.02. The summed E-state index contributed by atoms with van der Waals surface area (Å²) in [7, 11) is -4.54. The highest BCUT2D eigenvalue weighted by Gasteiger charge is 2.32. The predicted octanol–water partition coefficient (Wildman–Crippen LogP) is 1.93. The monoisotopic (exact) mass is 336 g/mol. The maximum Gasteiger partial charge on any atom is 0.302 e. The number of benzene rings is 1. The number of aromatic nitrogens is 1. The Morgan fingerprint density at radius 2 is 2.04 bits per heavy atom. The summed E-state index contributed by atoms with van der Waals surface area (Å²) < 4.78 is 34.2. The molecule has 2 heterocycles. The van der Waals surface area contributed by atoms with Gasteiger partial charge in [-0.25, -0.2) is 0 Å². The fourth-order valence-corrected chi connectivity index (χ4v) is 3.88. The number of hydrogen-bond acceptors (Lipinski definition) is 4. The first-order chi connectivity index (χ1) is 10.9. The first kappa shape index (κ1) is 15.9. The summed E-state index contributed by atoms with van der Waals surface area (Å²) in [5, 5.41) is 1.05. The van der Waals surface area contributed by atoms with Gasteiger partial charge in [-0.3, -0.25) is 9.78 Å². The molecule has 1 aromatic heterocycles. The lowest BCUT2D eigenvalue weighted by Crippen LogP contribution is -2.28. The largest absolute Gasteiger partial charge is 0.342 e.